The summed E-state index contributed by atoms with van der Waals surface area (Å²) in [6.45, 7) is 1.38. The SMILES string of the molecule is O=C(CCCCCCNc1ccc(-c2ccc(CC(=O)NCc3ccccc3)nc2)cc1)NO. The van der Waals surface area contributed by atoms with Crippen LogP contribution in [0.2, 0.25) is 0 Å². The molecule has 0 spiro atoms. The highest BCUT2D eigenvalue weighted by Crippen LogP contribution is 2.21. The van der Waals surface area contributed by atoms with E-state index in [1.165, 1.54) is 0 Å². The highest BCUT2D eigenvalue weighted by molar-refractivity contribution is 5.78. The van der Waals surface area contributed by atoms with Crippen LogP contribution in [-0.2, 0) is 22.6 Å². The van der Waals surface area contributed by atoms with E-state index in [0.29, 0.717) is 13.0 Å². The second-order valence-electron chi connectivity index (χ2n) is 8.18. The monoisotopic (exact) mass is 460 g/mol. The normalized spacial score (nSPS) is 10.5. The summed E-state index contributed by atoms with van der Waals surface area (Å²) in [4.78, 5) is 27.6. The molecular formula is C27H32N4O3. The molecule has 0 aliphatic heterocycles. The first-order chi connectivity index (χ1) is 16.6. The van der Waals surface area contributed by atoms with Gasteiger partial charge in [0.05, 0.1) is 6.42 Å². The third-order valence-electron chi connectivity index (χ3n) is 5.50. The van der Waals surface area contributed by atoms with Crippen LogP contribution in [0.3, 0.4) is 0 Å². The number of anilines is 1. The number of hydroxylamine groups is 1. The first kappa shape index (κ1) is 24.9. The molecule has 0 saturated carbocycles. The third-order valence-corrected chi connectivity index (χ3v) is 5.50. The number of rotatable bonds is 13. The fourth-order valence-corrected chi connectivity index (χ4v) is 3.56. The lowest BCUT2D eigenvalue weighted by atomic mass is 10.1. The van der Waals surface area contributed by atoms with Crippen LogP contribution in [-0.4, -0.2) is 28.6 Å². The maximum Gasteiger partial charge on any atom is 0.243 e. The summed E-state index contributed by atoms with van der Waals surface area (Å²) < 4.78 is 0. The predicted molar refractivity (Wildman–Crippen MR) is 133 cm³/mol. The third kappa shape index (κ3) is 8.67. The molecule has 178 valence electrons. The standard InChI is InChI=1S/C27H32N4O3/c32-26(31-34)10-6-1-2-7-17-28-24-14-11-22(12-15-24)23-13-16-25(29-20-23)18-27(33)30-19-21-8-4-3-5-9-21/h3-5,8-9,11-16,20,28,34H,1-2,6-7,10,17-19H2,(H,30,33)(H,31,32). The molecule has 0 saturated heterocycles. The summed E-state index contributed by atoms with van der Waals surface area (Å²) in [5.41, 5.74) is 6.60. The van der Waals surface area contributed by atoms with E-state index in [0.717, 1.165) is 60.3 Å². The van der Waals surface area contributed by atoms with Gasteiger partial charge in [-0.1, -0.05) is 61.4 Å². The number of nitrogens with zero attached hydrogens (tertiary/aromatic N) is 1. The van der Waals surface area contributed by atoms with Crippen molar-refractivity contribution < 1.29 is 14.8 Å². The van der Waals surface area contributed by atoms with Crippen LogP contribution in [0.25, 0.3) is 11.1 Å². The second-order valence-corrected chi connectivity index (χ2v) is 8.18. The maximum atomic E-state index is 12.2. The van der Waals surface area contributed by atoms with Crippen molar-refractivity contribution in [1.29, 1.82) is 0 Å². The highest BCUT2D eigenvalue weighted by Gasteiger charge is 2.06. The minimum atomic E-state index is -0.326. The lowest BCUT2D eigenvalue weighted by molar-refractivity contribution is -0.129. The number of nitrogens with one attached hydrogen (secondary N) is 3. The van der Waals surface area contributed by atoms with Gasteiger partial charge in [-0.25, -0.2) is 5.48 Å². The zero-order valence-electron chi connectivity index (χ0n) is 19.3. The molecule has 2 aromatic carbocycles. The number of amides is 2. The Balaban J connectivity index is 1.38. The Bertz CT molecular complexity index is 1020. The molecule has 0 radical (unpaired) electrons. The van der Waals surface area contributed by atoms with E-state index < -0.39 is 0 Å². The van der Waals surface area contributed by atoms with Gasteiger partial charge in [-0.05, 0) is 42.2 Å². The predicted octanol–water partition coefficient (Wildman–Crippen LogP) is 4.48. The van der Waals surface area contributed by atoms with Gasteiger partial charge >= 0.3 is 0 Å². The van der Waals surface area contributed by atoms with E-state index >= 15 is 0 Å². The van der Waals surface area contributed by atoms with E-state index in [1.807, 2.05) is 54.6 Å². The molecule has 7 heteroatoms. The minimum Gasteiger partial charge on any atom is -0.385 e. The Hall–Kier alpha value is -3.71. The summed E-state index contributed by atoms with van der Waals surface area (Å²) in [7, 11) is 0. The summed E-state index contributed by atoms with van der Waals surface area (Å²) in [5.74, 6) is -0.373. The number of hydrogen-bond donors (Lipinski definition) is 4. The Morgan fingerprint density at radius 2 is 1.53 bits per heavy atom. The van der Waals surface area contributed by atoms with E-state index in [2.05, 4.69) is 27.8 Å². The first-order valence-corrected chi connectivity index (χ1v) is 11.7. The van der Waals surface area contributed by atoms with Crippen LogP contribution in [0.15, 0.2) is 72.9 Å². The van der Waals surface area contributed by atoms with Crippen molar-refractivity contribution in [2.75, 3.05) is 11.9 Å². The topological polar surface area (TPSA) is 103 Å². The average Bonchev–Trinajstić information content (AvgIpc) is 2.88. The van der Waals surface area contributed by atoms with Crippen LogP contribution < -0.4 is 16.1 Å². The molecule has 0 atom stereocenters. The molecule has 0 fully saturated rings. The van der Waals surface area contributed by atoms with Gasteiger partial charge in [0, 0.05) is 42.7 Å². The molecule has 2 amide bonds. The van der Waals surface area contributed by atoms with Crippen LogP contribution in [0.4, 0.5) is 5.69 Å². The molecule has 0 aliphatic rings. The number of hydrogen-bond acceptors (Lipinski definition) is 5. The van der Waals surface area contributed by atoms with Gasteiger partial charge in [0.2, 0.25) is 11.8 Å². The van der Waals surface area contributed by atoms with E-state index in [9.17, 15) is 9.59 Å². The van der Waals surface area contributed by atoms with Crippen LogP contribution in [0.1, 0.15) is 43.4 Å². The second kappa shape index (κ2) is 13.7. The van der Waals surface area contributed by atoms with Gasteiger partial charge in [0.15, 0.2) is 0 Å². The fourth-order valence-electron chi connectivity index (χ4n) is 3.56. The Morgan fingerprint density at radius 1 is 0.794 bits per heavy atom. The first-order valence-electron chi connectivity index (χ1n) is 11.7. The van der Waals surface area contributed by atoms with Crippen molar-refractivity contribution in [3.8, 4) is 11.1 Å². The Kier molecular flexibility index (Phi) is 10.1. The van der Waals surface area contributed by atoms with Crippen molar-refractivity contribution in [3.05, 3.63) is 84.2 Å². The van der Waals surface area contributed by atoms with Gasteiger partial charge in [0.1, 0.15) is 0 Å². The molecule has 34 heavy (non-hydrogen) atoms. The van der Waals surface area contributed by atoms with Crippen molar-refractivity contribution in [3.63, 3.8) is 0 Å². The largest absolute Gasteiger partial charge is 0.385 e. The van der Waals surface area contributed by atoms with Crippen molar-refractivity contribution in [1.82, 2.24) is 15.8 Å². The molecule has 0 bridgehead atoms. The number of aromatic nitrogens is 1. The van der Waals surface area contributed by atoms with E-state index in [1.54, 1.807) is 11.7 Å². The zero-order valence-corrected chi connectivity index (χ0v) is 19.3. The Labute approximate surface area is 200 Å². The van der Waals surface area contributed by atoms with E-state index in [-0.39, 0.29) is 18.2 Å². The quantitative estimate of drug-likeness (QED) is 0.171. The molecule has 1 aromatic heterocycles. The fraction of sp³-hybridized carbons (Fsp3) is 0.296. The maximum absolute atomic E-state index is 12.2. The van der Waals surface area contributed by atoms with Gasteiger partial charge in [-0.15, -0.1) is 0 Å². The molecule has 4 N–H and O–H groups in total. The van der Waals surface area contributed by atoms with Crippen molar-refractivity contribution in [2.24, 2.45) is 0 Å². The minimum absolute atomic E-state index is 0.0461. The van der Waals surface area contributed by atoms with Gasteiger partial charge < -0.3 is 10.6 Å². The zero-order chi connectivity index (χ0) is 24.0. The molecule has 0 unspecified atom stereocenters. The number of benzene rings is 2. The highest BCUT2D eigenvalue weighted by atomic mass is 16.5. The molecule has 7 nitrogen and oxygen atoms in total. The average molecular weight is 461 g/mol. The van der Waals surface area contributed by atoms with Crippen LogP contribution >= 0.6 is 0 Å². The van der Waals surface area contributed by atoms with Gasteiger partial charge in [0.25, 0.3) is 0 Å². The molecule has 3 rings (SSSR count). The summed E-state index contributed by atoms with van der Waals surface area (Å²) in [6.07, 6.45) is 6.23. The number of pyridine rings is 1. The van der Waals surface area contributed by atoms with Gasteiger partial charge in [-0.3, -0.25) is 19.8 Å². The lowest BCUT2D eigenvalue weighted by Crippen LogP contribution is -2.24. The van der Waals surface area contributed by atoms with Gasteiger partial charge in [-0.2, -0.15) is 0 Å². The lowest BCUT2D eigenvalue weighted by Gasteiger charge is -2.09. The molecule has 3 aromatic rings. The van der Waals surface area contributed by atoms with Crippen molar-refractivity contribution >= 4 is 17.5 Å². The molecule has 0 aliphatic carbocycles. The van der Waals surface area contributed by atoms with Crippen LogP contribution in [0, 0.1) is 0 Å². The molecule has 1 heterocycles. The van der Waals surface area contributed by atoms with E-state index in [4.69, 9.17) is 5.21 Å². The van der Waals surface area contributed by atoms with Crippen molar-refractivity contribution in [2.45, 2.75) is 45.1 Å². The smallest absolute Gasteiger partial charge is 0.243 e. The number of unbranched alkanes of at least 4 members (excludes halogenated alkanes) is 3. The van der Waals surface area contributed by atoms with Crippen LogP contribution in [0.5, 0.6) is 0 Å². The summed E-state index contributed by atoms with van der Waals surface area (Å²) in [6, 6.07) is 21.9. The number of carbonyl (C=O) groups excluding carboxylic acids is 2. The summed E-state index contributed by atoms with van der Waals surface area (Å²) in [5, 5.41) is 14.8. The molecular weight excluding hydrogens is 428 g/mol. The number of carbonyl (C=O) groups is 2. The Morgan fingerprint density at radius 3 is 2.24 bits per heavy atom. The summed E-state index contributed by atoms with van der Waals surface area (Å²) >= 11 is 0.